The van der Waals surface area contributed by atoms with Crippen LogP contribution in [-0.2, 0) is 29.0 Å². The van der Waals surface area contributed by atoms with E-state index < -0.39 is 6.04 Å². The molecule has 0 aliphatic rings. The van der Waals surface area contributed by atoms with Crippen LogP contribution in [0, 0.1) is 0 Å². The Hall–Kier alpha value is -3.40. The highest BCUT2D eigenvalue weighted by atomic mass is 16.2. The van der Waals surface area contributed by atoms with Gasteiger partial charge in [-0.05, 0) is 47.9 Å². The third kappa shape index (κ3) is 8.08. The van der Waals surface area contributed by atoms with Gasteiger partial charge in [0.05, 0.1) is 0 Å². The summed E-state index contributed by atoms with van der Waals surface area (Å²) in [6, 6.07) is 27.9. The summed E-state index contributed by atoms with van der Waals surface area (Å²) in [7, 11) is 0. The Morgan fingerprint density at radius 2 is 1.36 bits per heavy atom. The quantitative estimate of drug-likeness (QED) is 0.328. The fourth-order valence-electron chi connectivity index (χ4n) is 4.24. The molecule has 0 spiro atoms. The molecule has 0 aliphatic carbocycles. The maximum atomic E-state index is 13.7. The molecule has 4 heteroatoms. The van der Waals surface area contributed by atoms with Crippen molar-refractivity contribution in [3.8, 4) is 0 Å². The van der Waals surface area contributed by atoms with Crippen LogP contribution in [0.25, 0.3) is 0 Å². The molecule has 0 aliphatic heterocycles. The molecular formula is C32H40N2O2. The summed E-state index contributed by atoms with van der Waals surface area (Å²) in [6.45, 7) is 8.81. The van der Waals surface area contributed by atoms with Crippen molar-refractivity contribution < 1.29 is 9.59 Å². The second-order valence-corrected chi connectivity index (χ2v) is 9.93. The zero-order valence-electron chi connectivity index (χ0n) is 22.1. The van der Waals surface area contributed by atoms with Gasteiger partial charge in [0.2, 0.25) is 11.8 Å². The summed E-state index contributed by atoms with van der Waals surface area (Å²) < 4.78 is 0. The number of nitrogens with one attached hydrogen (secondary N) is 1. The third-order valence-electron chi connectivity index (χ3n) is 6.74. The first-order valence-corrected chi connectivity index (χ1v) is 13.1. The number of carbonyl (C=O) groups is 2. The number of nitrogens with zero attached hydrogens (tertiary/aromatic N) is 1. The van der Waals surface area contributed by atoms with Crippen molar-refractivity contribution in [3.05, 3.63) is 107 Å². The van der Waals surface area contributed by atoms with E-state index in [1.165, 1.54) is 5.56 Å². The van der Waals surface area contributed by atoms with E-state index in [1.807, 2.05) is 67.6 Å². The van der Waals surface area contributed by atoms with Gasteiger partial charge in [0.15, 0.2) is 0 Å². The second kappa shape index (κ2) is 13.6. The molecule has 0 saturated carbocycles. The largest absolute Gasteiger partial charge is 0.352 e. The van der Waals surface area contributed by atoms with Gasteiger partial charge >= 0.3 is 0 Å². The van der Waals surface area contributed by atoms with E-state index in [0.29, 0.717) is 31.7 Å². The lowest BCUT2D eigenvalue weighted by molar-refractivity contribution is -0.141. The molecule has 0 aromatic heterocycles. The molecule has 3 rings (SSSR count). The van der Waals surface area contributed by atoms with E-state index in [-0.39, 0.29) is 17.9 Å². The van der Waals surface area contributed by atoms with Crippen LogP contribution in [0.15, 0.2) is 84.9 Å². The Balaban J connectivity index is 1.86. The maximum absolute atomic E-state index is 13.7. The van der Waals surface area contributed by atoms with E-state index in [2.05, 4.69) is 50.4 Å². The summed E-state index contributed by atoms with van der Waals surface area (Å²) in [6.07, 6.45) is 2.32. The summed E-state index contributed by atoms with van der Waals surface area (Å²) in [5, 5.41) is 3.13. The van der Waals surface area contributed by atoms with Crippen LogP contribution in [0.5, 0.6) is 0 Å². The van der Waals surface area contributed by atoms with Crippen LogP contribution in [0.3, 0.4) is 0 Å². The minimum absolute atomic E-state index is 0.00739. The van der Waals surface area contributed by atoms with Gasteiger partial charge < -0.3 is 10.2 Å². The summed E-state index contributed by atoms with van der Waals surface area (Å²) >= 11 is 0. The molecule has 0 bridgehead atoms. The summed E-state index contributed by atoms with van der Waals surface area (Å²) in [5.74, 6) is 0.371. The number of benzene rings is 3. The normalized spacial score (nSPS) is 12.7. The van der Waals surface area contributed by atoms with Crippen molar-refractivity contribution in [3.63, 3.8) is 0 Å². The van der Waals surface area contributed by atoms with Crippen molar-refractivity contribution in [1.29, 1.82) is 0 Å². The lowest BCUT2D eigenvalue weighted by Crippen LogP contribution is -2.52. The Morgan fingerprint density at radius 3 is 1.92 bits per heavy atom. The molecule has 4 nitrogen and oxygen atoms in total. The standard InChI is InChI=1S/C32H40N2O2/c1-5-25(4)33-32(36)30(22-27-12-8-6-9-13-27)34(23-28-14-10-7-11-15-28)31(35)21-18-26-16-19-29(20-17-26)24(2)3/h6-17,19-20,24-25,30H,5,18,21-23H2,1-4H3,(H,33,36)/t25-,30-/m0/s1. The first kappa shape index (κ1) is 27.2. The van der Waals surface area contributed by atoms with Crippen molar-refractivity contribution >= 4 is 11.8 Å². The Bertz CT molecular complexity index is 1080. The molecule has 190 valence electrons. The average Bonchev–Trinajstić information content (AvgIpc) is 2.90. The van der Waals surface area contributed by atoms with E-state index in [1.54, 1.807) is 4.90 Å². The number of hydrogen-bond donors (Lipinski definition) is 1. The van der Waals surface area contributed by atoms with Crippen LogP contribution in [0.4, 0.5) is 0 Å². The number of hydrogen-bond acceptors (Lipinski definition) is 2. The second-order valence-electron chi connectivity index (χ2n) is 9.93. The number of amides is 2. The highest BCUT2D eigenvalue weighted by Gasteiger charge is 2.30. The first-order valence-electron chi connectivity index (χ1n) is 13.1. The van der Waals surface area contributed by atoms with Crippen molar-refractivity contribution in [2.24, 2.45) is 0 Å². The predicted octanol–water partition coefficient (Wildman–Crippen LogP) is 6.30. The van der Waals surface area contributed by atoms with E-state index in [0.717, 1.165) is 23.1 Å². The predicted molar refractivity (Wildman–Crippen MR) is 148 cm³/mol. The van der Waals surface area contributed by atoms with Gasteiger partial charge in [0, 0.05) is 25.4 Å². The molecule has 0 radical (unpaired) electrons. The average molecular weight is 485 g/mol. The molecule has 2 amide bonds. The topological polar surface area (TPSA) is 49.4 Å². The first-order chi connectivity index (χ1) is 17.4. The summed E-state index contributed by atoms with van der Waals surface area (Å²) in [4.78, 5) is 29.0. The van der Waals surface area contributed by atoms with Gasteiger partial charge in [-0.25, -0.2) is 0 Å². The Kier molecular flexibility index (Phi) is 10.3. The molecular weight excluding hydrogens is 444 g/mol. The van der Waals surface area contributed by atoms with Crippen molar-refractivity contribution in [1.82, 2.24) is 10.2 Å². The molecule has 0 unspecified atom stereocenters. The monoisotopic (exact) mass is 484 g/mol. The van der Waals surface area contributed by atoms with Crippen molar-refractivity contribution in [2.75, 3.05) is 0 Å². The molecule has 36 heavy (non-hydrogen) atoms. The van der Waals surface area contributed by atoms with Crippen molar-refractivity contribution in [2.45, 2.75) is 77.9 Å². The molecule has 3 aromatic rings. The van der Waals surface area contributed by atoms with Crippen LogP contribution in [0.2, 0.25) is 0 Å². The Labute approximate surface area is 216 Å². The van der Waals surface area contributed by atoms with Crippen LogP contribution >= 0.6 is 0 Å². The molecule has 0 fully saturated rings. The SMILES string of the molecule is CC[C@H](C)NC(=O)[C@H](Cc1ccccc1)N(Cc1ccccc1)C(=O)CCc1ccc(C(C)C)cc1. The number of aryl methyl sites for hydroxylation is 1. The highest BCUT2D eigenvalue weighted by molar-refractivity contribution is 5.88. The molecule has 0 heterocycles. The number of carbonyl (C=O) groups excluding carboxylic acids is 2. The smallest absolute Gasteiger partial charge is 0.243 e. The van der Waals surface area contributed by atoms with E-state index in [9.17, 15) is 9.59 Å². The number of rotatable bonds is 12. The van der Waals surface area contributed by atoms with Crippen LogP contribution in [-0.4, -0.2) is 28.8 Å². The van der Waals surface area contributed by atoms with Crippen LogP contribution < -0.4 is 5.32 Å². The molecule has 0 saturated heterocycles. The fraction of sp³-hybridized carbons (Fsp3) is 0.375. The lowest BCUT2D eigenvalue weighted by Gasteiger charge is -2.32. The highest BCUT2D eigenvalue weighted by Crippen LogP contribution is 2.19. The van der Waals surface area contributed by atoms with Gasteiger partial charge in [0.25, 0.3) is 0 Å². The third-order valence-corrected chi connectivity index (χ3v) is 6.74. The zero-order valence-corrected chi connectivity index (χ0v) is 22.1. The van der Waals surface area contributed by atoms with Gasteiger partial charge in [0.1, 0.15) is 6.04 Å². The van der Waals surface area contributed by atoms with Gasteiger partial charge in [-0.3, -0.25) is 9.59 Å². The van der Waals surface area contributed by atoms with Crippen LogP contribution in [0.1, 0.15) is 68.7 Å². The molecule has 3 aromatic carbocycles. The lowest BCUT2D eigenvalue weighted by atomic mass is 9.99. The maximum Gasteiger partial charge on any atom is 0.243 e. The van der Waals surface area contributed by atoms with Gasteiger partial charge in [-0.1, -0.05) is 106 Å². The van der Waals surface area contributed by atoms with Gasteiger partial charge in [-0.15, -0.1) is 0 Å². The minimum atomic E-state index is -0.586. The minimum Gasteiger partial charge on any atom is -0.352 e. The zero-order chi connectivity index (χ0) is 25.9. The van der Waals surface area contributed by atoms with E-state index >= 15 is 0 Å². The van der Waals surface area contributed by atoms with Gasteiger partial charge in [-0.2, -0.15) is 0 Å². The fourth-order valence-corrected chi connectivity index (χ4v) is 4.24. The molecule has 2 atom stereocenters. The van der Waals surface area contributed by atoms with E-state index in [4.69, 9.17) is 0 Å². The molecule has 1 N–H and O–H groups in total. The Morgan fingerprint density at radius 1 is 0.778 bits per heavy atom. The summed E-state index contributed by atoms with van der Waals surface area (Å²) in [5.41, 5.74) is 4.48.